The van der Waals surface area contributed by atoms with Gasteiger partial charge in [-0.05, 0) is 50.7 Å². The number of ether oxygens (including phenoxy) is 3. The van der Waals surface area contributed by atoms with Crippen molar-refractivity contribution in [2.45, 2.75) is 38.0 Å². The number of benzene rings is 1. The number of imide groups is 2. The number of nitrogens with zero attached hydrogens (tertiary/aromatic N) is 4. The normalized spacial score (nSPS) is 18.9. The molecular formula is C33H35F3N6O11. The van der Waals surface area contributed by atoms with Gasteiger partial charge in [0.1, 0.15) is 25.0 Å². The van der Waals surface area contributed by atoms with E-state index in [1.807, 2.05) is 7.05 Å². The number of aromatic nitrogens is 1. The summed E-state index contributed by atoms with van der Waals surface area (Å²) in [4.78, 5) is 95.5. The number of pyridine rings is 1. The number of likely N-dealkylation sites (tertiary alicyclic amines) is 1. The van der Waals surface area contributed by atoms with Crippen molar-refractivity contribution in [2.75, 3.05) is 53.0 Å². The van der Waals surface area contributed by atoms with E-state index in [0.717, 1.165) is 18.0 Å². The van der Waals surface area contributed by atoms with Crippen molar-refractivity contribution in [1.82, 2.24) is 30.3 Å². The number of halogens is 3. The lowest BCUT2D eigenvalue weighted by Gasteiger charge is -2.41. The van der Waals surface area contributed by atoms with Gasteiger partial charge in [0.2, 0.25) is 17.7 Å². The average Bonchev–Trinajstić information content (AvgIpc) is 3.34. The number of carbonyl (C=O) groups is 7. The largest absolute Gasteiger partial charge is 0.490 e. The quantitative estimate of drug-likeness (QED) is 0.283. The summed E-state index contributed by atoms with van der Waals surface area (Å²) in [6, 6.07) is 5.33. The van der Waals surface area contributed by atoms with E-state index in [-0.39, 0.29) is 48.1 Å². The van der Waals surface area contributed by atoms with Crippen molar-refractivity contribution in [3.8, 4) is 17.4 Å². The molecule has 6 rings (SSSR count). The molecule has 6 amide bonds. The number of rotatable bonds is 10. The van der Waals surface area contributed by atoms with Gasteiger partial charge in [-0.3, -0.25) is 39.0 Å². The van der Waals surface area contributed by atoms with Crippen LogP contribution in [0.1, 0.15) is 52.2 Å². The number of hydrogen-bond donors (Lipinski definition) is 3. The predicted octanol–water partition coefficient (Wildman–Crippen LogP) is 0.534. The summed E-state index contributed by atoms with van der Waals surface area (Å²) in [6.45, 7) is 4.08. The Morgan fingerprint density at radius 1 is 1.08 bits per heavy atom. The van der Waals surface area contributed by atoms with Crippen LogP contribution in [0.15, 0.2) is 30.3 Å². The molecule has 2 unspecified atom stereocenters. The first kappa shape index (κ1) is 38.4. The van der Waals surface area contributed by atoms with Gasteiger partial charge in [0.25, 0.3) is 23.6 Å². The highest BCUT2D eigenvalue weighted by Gasteiger charge is 2.45. The highest BCUT2D eigenvalue weighted by atomic mass is 19.4. The fourth-order valence-electron chi connectivity index (χ4n) is 6.14. The standard InChI is InChI=1S/C31H34N6O9.C2HF3O2/c1-3-32-28(41)26(21-6-8-23-29(33-21)45-11-10-44-23)36(15-17-13-35(2)14-17)25(39)16-46-18-4-5-19-20(12-18)31(43)37(30(19)42)22-7-9-24(38)34-27(22)40;3-2(4,5)1(6)7/h4-6,8,12,17,22,26H,3,7,9-11,13-16H2,1-2H3,(H,32,41)(H,34,38,40);(H,6,7). The second kappa shape index (κ2) is 15.8. The van der Waals surface area contributed by atoms with Gasteiger partial charge in [0, 0.05) is 38.5 Å². The summed E-state index contributed by atoms with van der Waals surface area (Å²) in [7, 11) is 1.97. The zero-order valence-electron chi connectivity index (χ0n) is 28.4. The van der Waals surface area contributed by atoms with E-state index in [4.69, 9.17) is 24.1 Å². The lowest BCUT2D eigenvalue weighted by molar-refractivity contribution is -0.192. The number of hydrogen-bond acceptors (Lipinski definition) is 12. The van der Waals surface area contributed by atoms with Gasteiger partial charge < -0.3 is 34.4 Å². The lowest BCUT2D eigenvalue weighted by Crippen LogP contribution is -2.54. The van der Waals surface area contributed by atoms with E-state index in [0.29, 0.717) is 31.2 Å². The first-order valence-corrected chi connectivity index (χ1v) is 16.4. The van der Waals surface area contributed by atoms with Gasteiger partial charge in [-0.1, -0.05) is 0 Å². The molecule has 2 saturated heterocycles. The van der Waals surface area contributed by atoms with E-state index in [9.17, 15) is 41.9 Å². The number of likely N-dealkylation sites (N-methyl/N-ethyl adjacent to an activating group) is 1. The van der Waals surface area contributed by atoms with Crippen LogP contribution in [0.4, 0.5) is 13.2 Å². The molecule has 0 radical (unpaired) electrons. The second-order valence-electron chi connectivity index (χ2n) is 12.4. The third-order valence-electron chi connectivity index (χ3n) is 8.55. The maximum Gasteiger partial charge on any atom is 0.490 e. The number of amides is 6. The van der Waals surface area contributed by atoms with Crippen LogP contribution in [0.3, 0.4) is 0 Å². The van der Waals surface area contributed by atoms with Crippen molar-refractivity contribution < 1.29 is 66.1 Å². The van der Waals surface area contributed by atoms with E-state index in [1.165, 1.54) is 23.1 Å². The molecular weight excluding hydrogens is 713 g/mol. The van der Waals surface area contributed by atoms with Crippen LogP contribution >= 0.6 is 0 Å². The van der Waals surface area contributed by atoms with Crippen LogP contribution in [0.25, 0.3) is 0 Å². The van der Waals surface area contributed by atoms with E-state index < -0.39 is 66.3 Å². The topological polar surface area (TPSA) is 214 Å². The molecule has 3 N–H and O–H groups in total. The minimum Gasteiger partial charge on any atom is -0.484 e. The summed E-state index contributed by atoms with van der Waals surface area (Å²) in [5.41, 5.74) is 0.422. The molecule has 4 aliphatic heterocycles. The number of aliphatic carboxylic acids is 1. The number of piperidine rings is 1. The summed E-state index contributed by atoms with van der Waals surface area (Å²) in [6.07, 6.45) is -5.04. The molecule has 0 aliphatic carbocycles. The molecule has 1 aromatic heterocycles. The molecule has 0 saturated carbocycles. The molecule has 2 fully saturated rings. The van der Waals surface area contributed by atoms with Crippen molar-refractivity contribution in [3.63, 3.8) is 0 Å². The summed E-state index contributed by atoms with van der Waals surface area (Å²) in [5.74, 6) is -5.21. The molecule has 0 spiro atoms. The van der Waals surface area contributed by atoms with Crippen LogP contribution in [-0.4, -0.2) is 131 Å². The summed E-state index contributed by atoms with van der Waals surface area (Å²) < 4.78 is 48.8. The molecule has 4 aliphatic rings. The first-order valence-electron chi connectivity index (χ1n) is 16.4. The van der Waals surface area contributed by atoms with Crippen LogP contribution in [0.5, 0.6) is 17.4 Å². The fraction of sp³-hybridized carbons (Fsp3) is 0.455. The minimum absolute atomic E-state index is 0.00693. The Morgan fingerprint density at radius 2 is 1.75 bits per heavy atom. The average molecular weight is 749 g/mol. The van der Waals surface area contributed by atoms with Gasteiger partial charge in [0.15, 0.2) is 18.4 Å². The Balaban J connectivity index is 0.000000705. The van der Waals surface area contributed by atoms with Gasteiger partial charge in [-0.25, -0.2) is 9.78 Å². The van der Waals surface area contributed by atoms with Crippen LogP contribution in [0.2, 0.25) is 0 Å². The van der Waals surface area contributed by atoms with E-state index >= 15 is 0 Å². The maximum atomic E-state index is 13.9. The maximum absolute atomic E-state index is 13.9. The number of nitrogens with one attached hydrogen (secondary N) is 2. The monoisotopic (exact) mass is 748 g/mol. The Kier molecular flexibility index (Phi) is 11.5. The Morgan fingerprint density at radius 3 is 2.40 bits per heavy atom. The zero-order chi connectivity index (χ0) is 38.6. The smallest absolute Gasteiger partial charge is 0.484 e. The molecule has 17 nitrogen and oxygen atoms in total. The predicted molar refractivity (Wildman–Crippen MR) is 172 cm³/mol. The van der Waals surface area contributed by atoms with Gasteiger partial charge in [-0.2, -0.15) is 13.2 Å². The molecule has 53 heavy (non-hydrogen) atoms. The van der Waals surface area contributed by atoms with Crippen molar-refractivity contribution in [1.29, 1.82) is 0 Å². The summed E-state index contributed by atoms with van der Waals surface area (Å²) in [5, 5.41) is 12.1. The fourth-order valence-corrected chi connectivity index (χ4v) is 6.14. The molecule has 20 heteroatoms. The number of alkyl halides is 3. The molecule has 284 valence electrons. The summed E-state index contributed by atoms with van der Waals surface area (Å²) >= 11 is 0. The Bertz CT molecular complexity index is 1820. The molecule has 2 atom stereocenters. The number of carbonyl (C=O) groups excluding carboxylic acids is 6. The van der Waals surface area contributed by atoms with Crippen molar-refractivity contribution in [3.05, 3.63) is 47.2 Å². The van der Waals surface area contributed by atoms with Crippen LogP contribution in [-0.2, 0) is 24.0 Å². The van der Waals surface area contributed by atoms with E-state index in [2.05, 4.69) is 20.5 Å². The van der Waals surface area contributed by atoms with Gasteiger partial charge in [0.05, 0.1) is 16.8 Å². The lowest BCUT2D eigenvalue weighted by atomic mass is 9.98. The van der Waals surface area contributed by atoms with Gasteiger partial charge >= 0.3 is 12.1 Å². The van der Waals surface area contributed by atoms with Gasteiger partial charge in [-0.15, -0.1) is 0 Å². The number of carboxylic acid groups (broad SMARTS) is 1. The molecule has 1 aromatic carbocycles. The number of fused-ring (bicyclic) bond motifs is 2. The third-order valence-corrected chi connectivity index (χ3v) is 8.55. The van der Waals surface area contributed by atoms with Crippen molar-refractivity contribution >= 4 is 41.4 Å². The third kappa shape index (κ3) is 8.65. The zero-order valence-corrected chi connectivity index (χ0v) is 28.4. The SMILES string of the molecule is CCNC(=O)C(c1ccc2c(n1)OCCO2)N(CC1CN(C)C1)C(=O)COc1ccc2c(c1)C(=O)N(C1CCC(=O)NC1=O)C2=O.O=C(O)C(F)(F)F. The molecule has 2 aromatic rings. The first-order chi connectivity index (χ1) is 25.1. The van der Waals surface area contributed by atoms with E-state index in [1.54, 1.807) is 19.1 Å². The van der Waals surface area contributed by atoms with Crippen molar-refractivity contribution in [2.24, 2.45) is 5.92 Å². The molecule has 5 heterocycles. The highest BCUT2D eigenvalue weighted by Crippen LogP contribution is 2.33. The number of carboxylic acids is 1. The Hall–Kier alpha value is -5.79. The molecule has 0 bridgehead atoms. The second-order valence-corrected chi connectivity index (χ2v) is 12.4. The Labute approximate surface area is 299 Å². The van der Waals surface area contributed by atoms with Crippen LogP contribution < -0.4 is 24.8 Å². The highest BCUT2D eigenvalue weighted by molar-refractivity contribution is 6.23. The minimum atomic E-state index is -5.08. The van der Waals surface area contributed by atoms with Crippen LogP contribution in [0, 0.1) is 5.92 Å².